The molecule has 0 radical (unpaired) electrons. The predicted molar refractivity (Wildman–Crippen MR) is 118 cm³/mol. The average molecular weight is 400 g/mol. The summed E-state index contributed by atoms with van der Waals surface area (Å²) in [7, 11) is 2.04. The van der Waals surface area contributed by atoms with E-state index in [2.05, 4.69) is 34.9 Å². The maximum absolute atomic E-state index is 11.1. The molecule has 0 amide bonds. The highest BCUT2D eigenvalue weighted by Gasteiger charge is 2.12. The van der Waals surface area contributed by atoms with Gasteiger partial charge in [0.05, 0.1) is 11.9 Å². The second kappa shape index (κ2) is 8.43. The van der Waals surface area contributed by atoms with Crippen LogP contribution in [0.2, 0.25) is 0 Å². The molecule has 0 aliphatic carbocycles. The van der Waals surface area contributed by atoms with Crippen molar-refractivity contribution in [3.05, 3.63) is 89.6 Å². The van der Waals surface area contributed by atoms with Crippen molar-refractivity contribution < 1.29 is 14.6 Å². The number of para-hydroxylation sites is 1. The van der Waals surface area contributed by atoms with Crippen molar-refractivity contribution in [3.63, 3.8) is 0 Å². The summed E-state index contributed by atoms with van der Waals surface area (Å²) in [5.74, 6) is -0.279. The number of aryl methyl sites for hydroxylation is 1. The van der Waals surface area contributed by atoms with E-state index in [0.717, 1.165) is 33.2 Å². The van der Waals surface area contributed by atoms with Crippen molar-refractivity contribution in [2.24, 2.45) is 12.8 Å². The summed E-state index contributed by atoms with van der Waals surface area (Å²) in [6.45, 7) is 0.846. The Labute approximate surface area is 175 Å². The Morgan fingerprint density at radius 1 is 1.03 bits per heavy atom. The summed E-state index contributed by atoms with van der Waals surface area (Å²) in [5.41, 5.74) is 12.0. The lowest BCUT2D eigenvalue weighted by Gasteiger charge is -2.13. The molecule has 0 saturated carbocycles. The number of nitrogens with two attached hydrogens (primary N) is 1. The molecule has 0 aliphatic rings. The number of fused-ring (bicyclic) bond motifs is 1. The molecule has 4 rings (SSSR count). The number of ether oxygens (including phenoxy) is 1. The monoisotopic (exact) mass is 400 g/mol. The van der Waals surface area contributed by atoms with Gasteiger partial charge in [-0.3, -0.25) is 4.79 Å². The highest BCUT2D eigenvalue weighted by Crippen LogP contribution is 2.32. The van der Waals surface area contributed by atoms with Gasteiger partial charge in [0.25, 0.3) is 0 Å². The third-order valence-corrected chi connectivity index (χ3v) is 5.21. The van der Waals surface area contributed by atoms with Gasteiger partial charge < -0.3 is 20.1 Å². The van der Waals surface area contributed by atoms with Gasteiger partial charge >= 0.3 is 5.97 Å². The first kappa shape index (κ1) is 19.7. The summed E-state index contributed by atoms with van der Waals surface area (Å²) in [4.78, 5) is 11.1. The molecule has 5 heteroatoms. The lowest BCUT2D eigenvalue weighted by Crippen LogP contribution is -2.04. The molecule has 0 unspecified atom stereocenters. The van der Waals surface area contributed by atoms with Gasteiger partial charge in [-0.05, 0) is 47.0 Å². The Morgan fingerprint density at radius 2 is 1.87 bits per heavy atom. The second-order valence-corrected chi connectivity index (χ2v) is 7.38. The molecule has 5 nitrogen and oxygen atoms in total. The van der Waals surface area contributed by atoms with Crippen LogP contribution >= 0.6 is 0 Å². The molecule has 0 spiro atoms. The van der Waals surface area contributed by atoms with Crippen LogP contribution in [-0.4, -0.2) is 15.6 Å². The van der Waals surface area contributed by atoms with Crippen molar-refractivity contribution in [1.29, 1.82) is 0 Å². The van der Waals surface area contributed by atoms with Crippen molar-refractivity contribution in [2.45, 2.75) is 19.6 Å². The topological polar surface area (TPSA) is 77.5 Å². The molecule has 0 saturated heterocycles. The zero-order valence-electron chi connectivity index (χ0n) is 16.8. The van der Waals surface area contributed by atoms with E-state index >= 15 is 0 Å². The Hall–Kier alpha value is -3.57. The highest BCUT2D eigenvalue weighted by molar-refractivity contribution is 5.95. The normalized spacial score (nSPS) is 11.0. The van der Waals surface area contributed by atoms with Crippen molar-refractivity contribution >= 4 is 16.9 Å². The van der Waals surface area contributed by atoms with Gasteiger partial charge in [0.1, 0.15) is 12.4 Å². The second-order valence-electron chi connectivity index (χ2n) is 7.38. The van der Waals surface area contributed by atoms with E-state index < -0.39 is 5.97 Å². The number of rotatable bonds is 7. The molecule has 1 aromatic heterocycles. The molecule has 0 aliphatic heterocycles. The molecular weight excluding hydrogens is 376 g/mol. The molecule has 0 fully saturated rings. The molecule has 1 heterocycles. The van der Waals surface area contributed by atoms with Crippen LogP contribution in [0.15, 0.2) is 72.9 Å². The van der Waals surface area contributed by atoms with Crippen LogP contribution in [0.1, 0.15) is 16.7 Å². The fourth-order valence-corrected chi connectivity index (χ4v) is 3.79. The quantitative estimate of drug-likeness (QED) is 0.478. The molecule has 0 bridgehead atoms. The molecule has 3 aromatic carbocycles. The minimum atomic E-state index is -0.876. The maximum atomic E-state index is 11.1. The summed E-state index contributed by atoms with van der Waals surface area (Å²) < 4.78 is 8.14. The van der Waals surface area contributed by atoms with Crippen LogP contribution in [0, 0.1) is 0 Å². The maximum Gasteiger partial charge on any atom is 0.307 e. The van der Waals surface area contributed by atoms with Crippen LogP contribution in [0.3, 0.4) is 0 Å². The average Bonchev–Trinajstić information content (AvgIpc) is 3.13. The number of carboxylic acids is 1. The molecule has 0 atom stereocenters. The van der Waals surface area contributed by atoms with Crippen LogP contribution in [-0.2, 0) is 31.4 Å². The van der Waals surface area contributed by atoms with E-state index in [0.29, 0.717) is 24.5 Å². The number of carboxylic acid groups (broad SMARTS) is 1. The Kier molecular flexibility index (Phi) is 5.55. The minimum absolute atomic E-state index is 0.0645. The van der Waals surface area contributed by atoms with Gasteiger partial charge in [-0.25, -0.2) is 0 Å². The number of hydrogen-bond acceptors (Lipinski definition) is 3. The van der Waals surface area contributed by atoms with Gasteiger partial charge in [0, 0.05) is 36.3 Å². The van der Waals surface area contributed by atoms with E-state index in [1.54, 1.807) is 6.07 Å². The SMILES string of the molecule is Cn1ccc2cc(COc3ccccc3CC(=O)O)cc(-c3cccc(CN)c3)c21. The number of nitrogens with zero attached hydrogens (tertiary/aromatic N) is 1. The van der Waals surface area contributed by atoms with E-state index in [-0.39, 0.29) is 6.42 Å². The standard InChI is InChI=1S/C25H24N2O3/c1-27-10-9-21-12-18(16-30-23-8-3-2-6-20(23)14-24(28)29)13-22(25(21)27)19-7-4-5-17(11-19)15-26/h2-13H,14-16,26H2,1H3,(H,28,29). The number of aliphatic carboxylic acids is 1. The lowest BCUT2D eigenvalue weighted by atomic mass is 9.98. The van der Waals surface area contributed by atoms with Crippen molar-refractivity contribution in [3.8, 4) is 16.9 Å². The molecule has 152 valence electrons. The van der Waals surface area contributed by atoms with Crippen LogP contribution in [0.4, 0.5) is 0 Å². The fraction of sp³-hybridized carbons (Fsp3) is 0.160. The predicted octanol–water partition coefficient (Wildman–Crippen LogP) is 4.51. The van der Waals surface area contributed by atoms with E-state index in [1.807, 2.05) is 43.6 Å². The Morgan fingerprint density at radius 3 is 2.67 bits per heavy atom. The van der Waals surface area contributed by atoms with Crippen LogP contribution in [0.25, 0.3) is 22.0 Å². The van der Waals surface area contributed by atoms with Crippen LogP contribution in [0.5, 0.6) is 5.75 Å². The highest BCUT2D eigenvalue weighted by atomic mass is 16.5. The van der Waals surface area contributed by atoms with Crippen molar-refractivity contribution in [1.82, 2.24) is 4.57 Å². The molecule has 4 aromatic rings. The zero-order chi connectivity index (χ0) is 21.1. The van der Waals surface area contributed by atoms with Gasteiger partial charge in [0.2, 0.25) is 0 Å². The van der Waals surface area contributed by atoms with Gasteiger partial charge in [-0.15, -0.1) is 0 Å². The number of hydrogen-bond donors (Lipinski definition) is 2. The number of aromatic nitrogens is 1. The first-order valence-corrected chi connectivity index (χ1v) is 9.85. The van der Waals surface area contributed by atoms with Crippen molar-refractivity contribution in [2.75, 3.05) is 0 Å². The van der Waals surface area contributed by atoms with E-state index in [9.17, 15) is 4.79 Å². The Balaban J connectivity index is 1.70. The van der Waals surface area contributed by atoms with Crippen LogP contribution < -0.4 is 10.5 Å². The van der Waals surface area contributed by atoms with E-state index in [4.69, 9.17) is 15.6 Å². The molecule has 30 heavy (non-hydrogen) atoms. The third-order valence-electron chi connectivity index (χ3n) is 5.21. The van der Waals surface area contributed by atoms with Gasteiger partial charge in [-0.1, -0.05) is 36.4 Å². The summed E-state index contributed by atoms with van der Waals surface area (Å²) in [5, 5.41) is 10.3. The van der Waals surface area contributed by atoms with E-state index in [1.165, 1.54) is 0 Å². The largest absolute Gasteiger partial charge is 0.489 e. The fourth-order valence-electron chi connectivity index (χ4n) is 3.79. The lowest BCUT2D eigenvalue weighted by molar-refractivity contribution is -0.136. The number of carbonyl (C=O) groups is 1. The third kappa shape index (κ3) is 4.07. The summed E-state index contributed by atoms with van der Waals surface area (Å²) >= 11 is 0. The Bertz CT molecular complexity index is 1210. The van der Waals surface area contributed by atoms with Gasteiger partial charge in [0.15, 0.2) is 0 Å². The first-order valence-electron chi connectivity index (χ1n) is 9.85. The van der Waals surface area contributed by atoms with Gasteiger partial charge in [-0.2, -0.15) is 0 Å². The summed E-state index contributed by atoms with van der Waals surface area (Å²) in [6.07, 6.45) is 1.98. The zero-order valence-corrected chi connectivity index (χ0v) is 16.8. The smallest absolute Gasteiger partial charge is 0.307 e. The molecular formula is C25H24N2O3. The molecule has 3 N–H and O–H groups in total. The number of benzene rings is 3. The summed E-state index contributed by atoms with van der Waals surface area (Å²) in [6, 6.07) is 21.9. The first-order chi connectivity index (χ1) is 14.5. The minimum Gasteiger partial charge on any atom is -0.489 e.